The van der Waals surface area contributed by atoms with Crippen LogP contribution in [0.5, 0.6) is 0 Å². The first kappa shape index (κ1) is 14.5. The lowest BCUT2D eigenvalue weighted by Crippen LogP contribution is -2.49. The number of carbonyl (C=O) groups is 1. The highest BCUT2D eigenvalue weighted by atomic mass is 79.9. The molecule has 0 aromatic heterocycles. The van der Waals surface area contributed by atoms with Crippen LogP contribution in [-0.4, -0.2) is 23.4 Å². The van der Waals surface area contributed by atoms with Gasteiger partial charge in [-0.25, -0.2) is 4.39 Å². The van der Waals surface area contributed by atoms with Crippen molar-refractivity contribution in [2.45, 2.75) is 33.2 Å². The van der Waals surface area contributed by atoms with E-state index >= 15 is 0 Å². The second-order valence-electron chi connectivity index (χ2n) is 5.61. The Bertz CT molecular complexity index is 471. The van der Waals surface area contributed by atoms with E-state index in [0.717, 1.165) is 6.42 Å². The maximum Gasteiger partial charge on any atom is 0.258 e. The lowest BCUT2D eigenvalue weighted by atomic mass is 9.85. The van der Waals surface area contributed by atoms with Crippen LogP contribution in [0.1, 0.15) is 37.6 Å². The minimum Gasteiger partial charge on any atom is -0.335 e. The van der Waals surface area contributed by atoms with Crippen molar-refractivity contribution in [1.29, 1.82) is 0 Å². The number of hydrogen-bond acceptors (Lipinski definition) is 1. The molecule has 0 radical (unpaired) electrons. The Hall–Kier alpha value is -0.900. The van der Waals surface area contributed by atoms with Crippen molar-refractivity contribution >= 4 is 21.8 Å². The number of carbonyl (C=O) groups excluding carboxylic acids is 1. The van der Waals surface area contributed by atoms with Crippen molar-refractivity contribution in [3.05, 3.63) is 34.1 Å². The average molecular weight is 328 g/mol. The molecule has 4 heteroatoms. The van der Waals surface area contributed by atoms with E-state index in [4.69, 9.17) is 0 Å². The van der Waals surface area contributed by atoms with Gasteiger partial charge in [0.2, 0.25) is 0 Å². The molecule has 1 fully saturated rings. The Morgan fingerprint density at radius 2 is 2.05 bits per heavy atom. The lowest BCUT2D eigenvalue weighted by molar-refractivity contribution is 0.0450. The molecule has 0 bridgehead atoms. The number of benzene rings is 1. The predicted octanol–water partition coefficient (Wildman–Crippen LogP) is 4.09. The van der Waals surface area contributed by atoms with Crippen LogP contribution in [0.3, 0.4) is 0 Å². The third kappa shape index (κ3) is 2.83. The summed E-state index contributed by atoms with van der Waals surface area (Å²) in [6, 6.07) is 4.79. The Kier molecular flexibility index (Phi) is 4.29. The van der Waals surface area contributed by atoms with Gasteiger partial charge in [0.25, 0.3) is 5.91 Å². The largest absolute Gasteiger partial charge is 0.335 e. The number of nitrogens with zero attached hydrogens (tertiary/aromatic N) is 1. The Morgan fingerprint density at radius 3 is 2.68 bits per heavy atom. The van der Waals surface area contributed by atoms with E-state index in [0.29, 0.717) is 22.9 Å². The number of amides is 1. The summed E-state index contributed by atoms with van der Waals surface area (Å²) in [7, 11) is 0. The quantitative estimate of drug-likeness (QED) is 0.760. The predicted molar refractivity (Wildman–Crippen MR) is 77.5 cm³/mol. The molecule has 1 aromatic rings. The van der Waals surface area contributed by atoms with Gasteiger partial charge in [-0.1, -0.05) is 19.9 Å². The average Bonchev–Trinajstić information content (AvgIpc) is 2.33. The molecule has 0 spiro atoms. The molecule has 3 unspecified atom stereocenters. The van der Waals surface area contributed by atoms with Crippen molar-refractivity contribution in [1.82, 2.24) is 4.90 Å². The zero-order valence-corrected chi connectivity index (χ0v) is 13.1. The Labute approximate surface area is 122 Å². The van der Waals surface area contributed by atoms with Gasteiger partial charge >= 0.3 is 0 Å². The van der Waals surface area contributed by atoms with Crippen molar-refractivity contribution in [3.63, 3.8) is 0 Å². The zero-order chi connectivity index (χ0) is 14.2. The van der Waals surface area contributed by atoms with E-state index < -0.39 is 5.82 Å². The first-order valence-electron chi connectivity index (χ1n) is 6.66. The number of rotatable bonds is 1. The maximum atomic E-state index is 13.9. The summed E-state index contributed by atoms with van der Waals surface area (Å²) >= 11 is 3.28. The van der Waals surface area contributed by atoms with Gasteiger partial charge in [0.05, 0.1) is 5.56 Å². The van der Waals surface area contributed by atoms with Crippen molar-refractivity contribution in [2.24, 2.45) is 11.8 Å². The zero-order valence-electron chi connectivity index (χ0n) is 11.5. The third-order valence-corrected chi connectivity index (χ3v) is 4.70. The van der Waals surface area contributed by atoms with Gasteiger partial charge in [0, 0.05) is 17.1 Å². The van der Waals surface area contributed by atoms with Crippen LogP contribution in [0.4, 0.5) is 4.39 Å². The number of hydrogen-bond donors (Lipinski definition) is 0. The van der Waals surface area contributed by atoms with Crippen LogP contribution in [-0.2, 0) is 0 Å². The molecule has 3 atom stereocenters. The number of piperidine rings is 1. The Balaban J connectivity index is 2.33. The molecule has 1 aliphatic heterocycles. The van der Waals surface area contributed by atoms with Gasteiger partial charge in [0.1, 0.15) is 5.82 Å². The summed E-state index contributed by atoms with van der Waals surface area (Å²) in [4.78, 5) is 14.4. The summed E-state index contributed by atoms with van der Waals surface area (Å²) in [5.74, 6) is 0.229. The van der Waals surface area contributed by atoms with Gasteiger partial charge in [-0.3, -0.25) is 4.79 Å². The molecule has 19 heavy (non-hydrogen) atoms. The highest BCUT2D eigenvalue weighted by molar-refractivity contribution is 9.10. The summed E-state index contributed by atoms with van der Waals surface area (Å²) in [5.41, 5.74) is 0.149. The normalized spacial score (nSPS) is 27.4. The first-order valence-corrected chi connectivity index (χ1v) is 7.46. The van der Waals surface area contributed by atoms with E-state index in [1.165, 1.54) is 6.07 Å². The second-order valence-corrected chi connectivity index (χ2v) is 6.47. The van der Waals surface area contributed by atoms with E-state index in [1.807, 2.05) is 11.8 Å². The van der Waals surface area contributed by atoms with Crippen molar-refractivity contribution < 1.29 is 9.18 Å². The lowest BCUT2D eigenvalue weighted by Gasteiger charge is -2.41. The molecule has 0 aliphatic carbocycles. The van der Waals surface area contributed by atoms with Crippen molar-refractivity contribution in [2.75, 3.05) is 6.54 Å². The van der Waals surface area contributed by atoms with Crippen LogP contribution in [0.25, 0.3) is 0 Å². The van der Waals surface area contributed by atoms with Gasteiger partial charge in [-0.2, -0.15) is 0 Å². The fourth-order valence-corrected chi connectivity index (χ4v) is 3.34. The molecular weight excluding hydrogens is 309 g/mol. The topological polar surface area (TPSA) is 20.3 Å². The SMILES string of the molecule is CC1CC(C)C(C)N(C(=O)c2c(F)cccc2Br)C1. The molecule has 104 valence electrons. The fourth-order valence-electron chi connectivity index (χ4n) is 2.83. The molecule has 1 amide bonds. The second kappa shape index (κ2) is 5.61. The molecule has 1 heterocycles. The summed E-state index contributed by atoms with van der Waals surface area (Å²) in [5, 5.41) is 0. The molecule has 2 nitrogen and oxygen atoms in total. The maximum absolute atomic E-state index is 13.9. The van der Waals surface area contributed by atoms with Crippen LogP contribution in [0.2, 0.25) is 0 Å². The molecule has 0 N–H and O–H groups in total. The van der Waals surface area contributed by atoms with E-state index in [9.17, 15) is 9.18 Å². The molecule has 1 saturated heterocycles. The highest BCUT2D eigenvalue weighted by Crippen LogP contribution is 2.30. The van der Waals surface area contributed by atoms with E-state index in [2.05, 4.69) is 29.8 Å². The van der Waals surface area contributed by atoms with E-state index in [1.54, 1.807) is 12.1 Å². The molecule has 1 aromatic carbocycles. The van der Waals surface area contributed by atoms with Crippen LogP contribution in [0.15, 0.2) is 22.7 Å². The molecule has 0 saturated carbocycles. The first-order chi connectivity index (χ1) is 8.91. The fraction of sp³-hybridized carbons (Fsp3) is 0.533. The number of halogens is 2. The van der Waals surface area contributed by atoms with Crippen LogP contribution in [0, 0.1) is 17.7 Å². The standard InChI is InChI=1S/C15H19BrFNO/c1-9-7-10(2)11(3)18(8-9)15(19)14-12(16)5-4-6-13(14)17/h4-6,9-11H,7-8H2,1-3H3. The van der Waals surface area contributed by atoms with Crippen LogP contribution < -0.4 is 0 Å². The van der Waals surface area contributed by atoms with Gasteiger partial charge in [0.15, 0.2) is 0 Å². The monoisotopic (exact) mass is 327 g/mol. The summed E-state index contributed by atoms with van der Waals surface area (Å²) in [6.45, 7) is 7.03. The van der Waals surface area contributed by atoms with Crippen LogP contribution >= 0.6 is 15.9 Å². The highest BCUT2D eigenvalue weighted by Gasteiger charge is 2.33. The van der Waals surface area contributed by atoms with E-state index in [-0.39, 0.29) is 17.5 Å². The van der Waals surface area contributed by atoms with Gasteiger partial charge < -0.3 is 4.90 Å². The smallest absolute Gasteiger partial charge is 0.258 e. The van der Waals surface area contributed by atoms with Gasteiger partial charge in [-0.05, 0) is 53.2 Å². The minimum atomic E-state index is -0.461. The minimum absolute atomic E-state index is 0.148. The number of likely N-dealkylation sites (tertiary alicyclic amines) is 1. The van der Waals surface area contributed by atoms with Gasteiger partial charge in [-0.15, -0.1) is 0 Å². The summed E-state index contributed by atoms with van der Waals surface area (Å²) < 4.78 is 14.4. The molecule has 1 aliphatic rings. The van der Waals surface area contributed by atoms with Crippen molar-refractivity contribution in [3.8, 4) is 0 Å². The molecular formula is C15H19BrFNO. The Morgan fingerprint density at radius 1 is 1.37 bits per heavy atom. The molecule has 2 rings (SSSR count). The third-order valence-electron chi connectivity index (χ3n) is 4.04. The summed E-state index contributed by atoms with van der Waals surface area (Å²) in [6.07, 6.45) is 1.11.